The smallest absolute Gasteiger partial charge is 0.127 e. The maximum Gasteiger partial charge on any atom is 0.127 e. The van der Waals surface area contributed by atoms with Gasteiger partial charge in [-0.25, -0.2) is 4.39 Å². The van der Waals surface area contributed by atoms with Crippen molar-refractivity contribution in [2.45, 2.75) is 39.2 Å². The van der Waals surface area contributed by atoms with Crippen LogP contribution in [0.3, 0.4) is 0 Å². The van der Waals surface area contributed by atoms with Gasteiger partial charge in [-0.1, -0.05) is 13.3 Å². The molecule has 0 amide bonds. The van der Waals surface area contributed by atoms with Gasteiger partial charge in [0.15, 0.2) is 0 Å². The highest BCUT2D eigenvalue weighted by Crippen LogP contribution is 2.17. The molecule has 4 heteroatoms. The summed E-state index contributed by atoms with van der Waals surface area (Å²) in [6.07, 6.45) is 3.81. The largest absolute Gasteiger partial charge is 0.493 e. The van der Waals surface area contributed by atoms with Gasteiger partial charge in [-0.2, -0.15) is 0 Å². The summed E-state index contributed by atoms with van der Waals surface area (Å²) in [6.45, 7) is 4.37. The first-order chi connectivity index (χ1) is 9.26. The van der Waals surface area contributed by atoms with Crippen LogP contribution in [0.2, 0.25) is 0 Å². The highest BCUT2D eigenvalue weighted by Gasteiger charge is 2.02. The minimum absolute atomic E-state index is 0.249. The molecule has 0 bridgehead atoms. The third kappa shape index (κ3) is 7.13. The molecule has 0 aliphatic heterocycles. The van der Waals surface area contributed by atoms with E-state index in [0.717, 1.165) is 37.8 Å². The van der Waals surface area contributed by atoms with Crippen LogP contribution in [0.1, 0.15) is 38.2 Å². The second-order valence-corrected chi connectivity index (χ2v) is 4.56. The van der Waals surface area contributed by atoms with Crippen LogP contribution in [-0.4, -0.2) is 24.9 Å². The Kier molecular flexibility index (Phi) is 8.18. The number of hydrogen-bond donors (Lipinski definition) is 2. The summed E-state index contributed by atoms with van der Waals surface area (Å²) >= 11 is 0. The summed E-state index contributed by atoms with van der Waals surface area (Å²) < 4.78 is 19.0. The number of halogens is 1. The summed E-state index contributed by atoms with van der Waals surface area (Å²) in [5.41, 5.74) is 0.900. The van der Waals surface area contributed by atoms with Gasteiger partial charge in [0, 0.05) is 19.2 Å². The first-order valence-electron chi connectivity index (χ1n) is 7.00. The lowest BCUT2D eigenvalue weighted by atomic mass is 10.2. The topological polar surface area (TPSA) is 41.5 Å². The minimum Gasteiger partial charge on any atom is -0.493 e. The summed E-state index contributed by atoms with van der Waals surface area (Å²) in [7, 11) is 0. The van der Waals surface area contributed by atoms with Crippen molar-refractivity contribution < 1.29 is 14.2 Å². The van der Waals surface area contributed by atoms with Crippen LogP contribution in [0.4, 0.5) is 4.39 Å². The average Bonchev–Trinajstić information content (AvgIpc) is 2.40. The molecule has 1 aromatic rings. The number of benzene rings is 1. The predicted molar refractivity (Wildman–Crippen MR) is 74.8 cm³/mol. The number of rotatable bonds is 10. The fraction of sp³-hybridized carbons (Fsp3) is 0.600. The van der Waals surface area contributed by atoms with Crippen molar-refractivity contribution in [3.63, 3.8) is 0 Å². The molecule has 0 saturated carbocycles. The van der Waals surface area contributed by atoms with Crippen LogP contribution in [0.15, 0.2) is 18.2 Å². The zero-order valence-electron chi connectivity index (χ0n) is 11.6. The van der Waals surface area contributed by atoms with Crippen LogP contribution < -0.4 is 10.1 Å². The summed E-state index contributed by atoms with van der Waals surface area (Å²) in [5, 5.41) is 11.8. The lowest BCUT2D eigenvalue weighted by Gasteiger charge is -2.09. The number of unbranched alkanes of at least 4 members (excludes halogenated alkanes) is 3. The van der Waals surface area contributed by atoms with E-state index in [1.807, 2.05) is 13.0 Å². The van der Waals surface area contributed by atoms with E-state index in [4.69, 9.17) is 9.84 Å². The molecule has 2 N–H and O–H groups in total. The van der Waals surface area contributed by atoms with E-state index in [1.54, 1.807) is 0 Å². The SMILES string of the molecule is CCNCc1cc(F)cc(OCCCCCCO)c1. The molecule has 0 radical (unpaired) electrons. The monoisotopic (exact) mass is 269 g/mol. The predicted octanol–water partition coefficient (Wildman–Crippen LogP) is 2.87. The highest BCUT2D eigenvalue weighted by molar-refractivity contribution is 5.29. The number of hydrogen-bond acceptors (Lipinski definition) is 3. The third-order valence-electron chi connectivity index (χ3n) is 2.83. The van der Waals surface area contributed by atoms with Gasteiger partial charge in [0.05, 0.1) is 6.61 Å². The fourth-order valence-electron chi connectivity index (χ4n) is 1.83. The zero-order valence-corrected chi connectivity index (χ0v) is 11.6. The maximum atomic E-state index is 13.4. The molecule has 0 fully saturated rings. The molecule has 0 spiro atoms. The number of aliphatic hydroxyl groups excluding tert-OH is 1. The van der Waals surface area contributed by atoms with Gasteiger partial charge in [0.1, 0.15) is 11.6 Å². The Morgan fingerprint density at radius 1 is 1.16 bits per heavy atom. The van der Waals surface area contributed by atoms with Crippen molar-refractivity contribution in [2.24, 2.45) is 0 Å². The molecular weight excluding hydrogens is 245 g/mol. The average molecular weight is 269 g/mol. The van der Waals surface area contributed by atoms with E-state index in [9.17, 15) is 4.39 Å². The van der Waals surface area contributed by atoms with Crippen molar-refractivity contribution in [1.82, 2.24) is 5.32 Å². The van der Waals surface area contributed by atoms with Crippen LogP contribution in [0, 0.1) is 5.82 Å². The third-order valence-corrected chi connectivity index (χ3v) is 2.83. The van der Waals surface area contributed by atoms with E-state index in [-0.39, 0.29) is 12.4 Å². The van der Waals surface area contributed by atoms with Gasteiger partial charge in [-0.15, -0.1) is 0 Å². The molecule has 3 nitrogen and oxygen atoms in total. The molecule has 0 aromatic heterocycles. The molecule has 0 aliphatic rings. The number of ether oxygens (including phenoxy) is 1. The summed E-state index contributed by atoms with van der Waals surface area (Å²) in [6, 6.07) is 4.82. The maximum absolute atomic E-state index is 13.4. The van der Waals surface area contributed by atoms with E-state index in [1.165, 1.54) is 12.1 Å². The fourth-order valence-corrected chi connectivity index (χ4v) is 1.83. The lowest BCUT2D eigenvalue weighted by molar-refractivity contribution is 0.273. The van der Waals surface area contributed by atoms with Gasteiger partial charge in [-0.05, 0) is 43.5 Å². The minimum atomic E-state index is -0.259. The Hall–Kier alpha value is -1.13. The van der Waals surface area contributed by atoms with Crippen molar-refractivity contribution in [3.8, 4) is 5.75 Å². The van der Waals surface area contributed by atoms with E-state index in [0.29, 0.717) is 18.9 Å². The van der Waals surface area contributed by atoms with Crippen molar-refractivity contribution in [2.75, 3.05) is 19.8 Å². The summed E-state index contributed by atoms with van der Waals surface area (Å²) in [5.74, 6) is 0.334. The van der Waals surface area contributed by atoms with Gasteiger partial charge in [0.25, 0.3) is 0 Å². The van der Waals surface area contributed by atoms with Crippen LogP contribution in [0.5, 0.6) is 5.75 Å². The Morgan fingerprint density at radius 2 is 1.95 bits per heavy atom. The van der Waals surface area contributed by atoms with Gasteiger partial charge < -0.3 is 15.2 Å². The molecule has 0 atom stereocenters. The normalized spacial score (nSPS) is 10.7. The van der Waals surface area contributed by atoms with Gasteiger partial charge >= 0.3 is 0 Å². The molecule has 0 unspecified atom stereocenters. The van der Waals surface area contributed by atoms with Gasteiger partial charge in [0.2, 0.25) is 0 Å². The lowest BCUT2D eigenvalue weighted by Crippen LogP contribution is -2.12. The molecule has 0 aliphatic carbocycles. The number of aliphatic hydroxyl groups is 1. The van der Waals surface area contributed by atoms with Crippen LogP contribution >= 0.6 is 0 Å². The Bertz CT molecular complexity index is 358. The van der Waals surface area contributed by atoms with Crippen molar-refractivity contribution >= 4 is 0 Å². The Morgan fingerprint density at radius 3 is 2.68 bits per heavy atom. The van der Waals surface area contributed by atoms with E-state index in [2.05, 4.69) is 5.32 Å². The first-order valence-corrected chi connectivity index (χ1v) is 7.00. The summed E-state index contributed by atoms with van der Waals surface area (Å²) in [4.78, 5) is 0. The number of nitrogens with one attached hydrogen (secondary N) is 1. The quantitative estimate of drug-likeness (QED) is 0.642. The highest BCUT2D eigenvalue weighted by atomic mass is 19.1. The molecule has 0 saturated heterocycles. The molecule has 1 aromatic carbocycles. The molecule has 19 heavy (non-hydrogen) atoms. The van der Waals surface area contributed by atoms with Crippen LogP contribution in [-0.2, 0) is 6.54 Å². The second-order valence-electron chi connectivity index (χ2n) is 4.56. The van der Waals surface area contributed by atoms with Crippen molar-refractivity contribution in [3.05, 3.63) is 29.6 Å². The second kappa shape index (κ2) is 9.75. The molecule has 108 valence electrons. The Labute approximate surface area is 114 Å². The molecule has 0 heterocycles. The van der Waals surface area contributed by atoms with Crippen molar-refractivity contribution in [1.29, 1.82) is 0 Å². The molecular formula is C15H24FNO2. The van der Waals surface area contributed by atoms with Crippen LogP contribution in [0.25, 0.3) is 0 Å². The first kappa shape index (κ1) is 15.9. The Balaban J connectivity index is 2.34. The van der Waals surface area contributed by atoms with E-state index < -0.39 is 0 Å². The molecule has 1 rings (SSSR count). The standard InChI is InChI=1S/C15H24FNO2/c1-2-17-12-13-9-14(16)11-15(10-13)19-8-6-4-3-5-7-18/h9-11,17-18H,2-8,12H2,1H3. The van der Waals surface area contributed by atoms with E-state index >= 15 is 0 Å². The zero-order chi connectivity index (χ0) is 13.9. The van der Waals surface area contributed by atoms with Gasteiger partial charge in [-0.3, -0.25) is 0 Å².